The molecule has 2 aromatic heterocycles. The summed E-state index contributed by atoms with van der Waals surface area (Å²) in [4.78, 5) is 33.4. The van der Waals surface area contributed by atoms with Crippen molar-refractivity contribution in [2.45, 2.75) is 32.2 Å². The van der Waals surface area contributed by atoms with E-state index in [9.17, 15) is 9.59 Å². The number of amides is 2. The number of carbonyl (C=O) groups is 2. The van der Waals surface area contributed by atoms with Crippen LogP contribution in [-0.4, -0.2) is 41.8 Å². The highest BCUT2D eigenvalue weighted by atomic mass is 32.1. The number of rotatable bonds is 7. The molecule has 0 bridgehead atoms. The summed E-state index contributed by atoms with van der Waals surface area (Å²) < 4.78 is 5.08. The molecule has 1 aliphatic rings. The number of furan rings is 1. The van der Waals surface area contributed by atoms with Crippen LogP contribution in [0.4, 0.5) is 10.8 Å². The predicted octanol–water partition coefficient (Wildman–Crippen LogP) is 4.18. The molecule has 1 aromatic carbocycles. The predicted molar refractivity (Wildman–Crippen MR) is 121 cm³/mol. The van der Waals surface area contributed by atoms with Crippen LogP contribution in [0.1, 0.15) is 41.1 Å². The fraction of sp³-hybridized carbons (Fsp3) is 0.348. The average molecular weight is 439 g/mol. The standard InChI is InChI=1S/C23H26N4O3S/c1-26(15-17-8-3-4-9-19(17)27-11-5-2-6-12-27)21(28)14-18-16-31-23(24-18)25-22(29)20-10-7-13-30-20/h3-4,7-10,13,16H,2,5-6,11-12,14-15H2,1H3,(H,24,25,29). The number of para-hydroxylation sites is 1. The molecule has 4 rings (SSSR count). The Balaban J connectivity index is 1.35. The largest absolute Gasteiger partial charge is 0.459 e. The molecule has 8 heteroatoms. The number of nitrogens with one attached hydrogen (secondary N) is 1. The van der Waals surface area contributed by atoms with Crippen LogP contribution in [0.15, 0.2) is 52.5 Å². The number of hydrogen-bond donors (Lipinski definition) is 1. The number of piperidine rings is 1. The van der Waals surface area contributed by atoms with Gasteiger partial charge in [0.15, 0.2) is 10.9 Å². The topological polar surface area (TPSA) is 78.7 Å². The molecular formula is C23H26N4O3S. The van der Waals surface area contributed by atoms with Gasteiger partial charge in [0.05, 0.1) is 18.4 Å². The Morgan fingerprint density at radius 1 is 1.16 bits per heavy atom. The molecule has 162 valence electrons. The minimum absolute atomic E-state index is 0.0114. The second kappa shape index (κ2) is 9.78. The zero-order valence-corrected chi connectivity index (χ0v) is 18.4. The van der Waals surface area contributed by atoms with Gasteiger partial charge in [0.25, 0.3) is 5.91 Å². The van der Waals surface area contributed by atoms with Crippen molar-refractivity contribution in [3.63, 3.8) is 0 Å². The number of benzene rings is 1. The van der Waals surface area contributed by atoms with Crippen molar-refractivity contribution in [1.29, 1.82) is 0 Å². The Kier molecular flexibility index (Phi) is 6.66. The van der Waals surface area contributed by atoms with E-state index >= 15 is 0 Å². The lowest BCUT2D eigenvalue weighted by Crippen LogP contribution is -2.32. The second-order valence-electron chi connectivity index (χ2n) is 7.68. The summed E-state index contributed by atoms with van der Waals surface area (Å²) in [7, 11) is 1.82. The second-order valence-corrected chi connectivity index (χ2v) is 8.54. The zero-order valence-electron chi connectivity index (χ0n) is 17.5. The van der Waals surface area contributed by atoms with Crippen molar-refractivity contribution in [2.75, 3.05) is 30.4 Å². The third-order valence-corrected chi connectivity index (χ3v) is 6.18. The first-order valence-electron chi connectivity index (χ1n) is 10.5. The smallest absolute Gasteiger partial charge is 0.293 e. The summed E-state index contributed by atoms with van der Waals surface area (Å²) in [6, 6.07) is 11.6. The maximum absolute atomic E-state index is 12.8. The van der Waals surface area contributed by atoms with Crippen LogP contribution in [-0.2, 0) is 17.8 Å². The molecule has 0 spiro atoms. The molecule has 1 fully saturated rings. The molecule has 0 saturated carbocycles. The van der Waals surface area contributed by atoms with Crippen LogP contribution in [0, 0.1) is 0 Å². The Morgan fingerprint density at radius 3 is 2.74 bits per heavy atom. The van der Waals surface area contributed by atoms with Crippen molar-refractivity contribution >= 4 is 34.0 Å². The van der Waals surface area contributed by atoms with E-state index in [1.54, 1.807) is 22.4 Å². The van der Waals surface area contributed by atoms with Crippen molar-refractivity contribution < 1.29 is 14.0 Å². The van der Waals surface area contributed by atoms with Crippen molar-refractivity contribution in [3.05, 3.63) is 65.1 Å². The number of aromatic nitrogens is 1. The molecule has 31 heavy (non-hydrogen) atoms. The lowest BCUT2D eigenvalue weighted by Gasteiger charge is -2.31. The molecule has 0 atom stereocenters. The zero-order chi connectivity index (χ0) is 21.6. The van der Waals surface area contributed by atoms with E-state index < -0.39 is 0 Å². The van der Waals surface area contributed by atoms with Gasteiger partial charge < -0.3 is 14.2 Å². The first-order valence-corrected chi connectivity index (χ1v) is 11.3. The highest BCUT2D eigenvalue weighted by Crippen LogP contribution is 2.25. The number of likely N-dealkylation sites (N-methyl/N-ethyl adjacent to an activating group) is 1. The Labute approximate surface area is 185 Å². The average Bonchev–Trinajstić information content (AvgIpc) is 3.47. The van der Waals surface area contributed by atoms with Gasteiger partial charge in [0.1, 0.15) is 0 Å². The van der Waals surface area contributed by atoms with Gasteiger partial charge in [-0.15, -0.1) is 11.3 Å². The van der Waals surface area contributed by atoms with E-state index in [1.165, 1.54) is 42.5 Å². The summed E-state index contributed by atoms with van der Waals surface area (Å²) in [5.74, 6) is -0.147. The molecule has 7 nitrogen and oxygen atoms in total. The molecule has 1 aliphatic heterocycles. The first-order chi connectivity index (χ1) is 15.1. The molecule has 1 saturated heterocycles. The Morgan fingerprint density at radius 2 is 1.97 bits per heavy atom. The number of anilines is 2. The van der Waals surface area contributed by atoms with Crippen LogP contribution in [0.25, 0.3) is 0 Å². The van der Waals surface area contributed by atoms with E-state index in [0.717, 1.165) is 18.7 Å². The highest BCUT2D eigenvalue weighted by molar-refractivity contribution is 7.14. The van der Waals surface area contributed by atoms with Crippen LogP contribution in [0.3, 0.4) is 0 Å². The molecular weight excluding hydrogens is 412 g/mol. The van der Waals surface area contributed by atoms with Crippen molar-refractivity contribution in [2.24, 2.45) is 0 Å². The number of thiazole rings is 1. The van der Waals surface area contributed by atoms with Gasteiger partial charge in [-0.25, -0.2) is 4.98 Å². The fourth-order valence-corrected chi connectivity index (χ4v) is 4.44. The molecule has 0 radical (unpaired) electrons. The van der Waals surface area contributed by atoms with Gasteiger partial charge in [-0.2, -0.15) is 0 Å². The maximum Gasteiger partial charge on any atom is 0.293 e. The maximum atomic E-state index is 12.8. The van der Waals surface area contributed by atoms with Crippen LogP contribution in [0.2, 0.25) is 0 Å². The fourth-order valence-electron chi connectivity index (χ4n) is 3.73. The molecule has 0 unspecified atom stereocenters. The lowest BCUT2D eigenvalue weighted by atomic mass is 10.1. The van der Waals surface area contributed by atoms with Crippen LogP contribution in [0.5, 0.6) is 0 Å². The van der Waals surface area contributed by atoms with E-state index in [1.807, 2.05) is 13.1 Å². The summed E-state index contributed by atoms with van der Waals surface area (Å²) in [5, 5.41) is 4.94. The lowest BCUT2D eigenvalue weighted by molar-refractivity contribution is -0.129. The number of carbonyl (C=O) groups excluding carboxylic acids is 2. The molecule has 1 N–H and O–H groups in total. The normalized spacial score (nSPS) is 13.8. The highest BCUT2D eigenvalue weighted by Gasteiger charge is 2.18. The minimum atomic E-state index is -0.358. The Hall–Kier alpha value is -3.13. The van der Waals surface area contributed by atoms with Gasteiger partial charge in [-0.05, 0) is 43.0 Å². The van der Waals surface area contributed by atoms with Crippen LogP contribution < -0.4 is 10.2 Å². The van der Waals surface area contributed by atoms with Gasteiger partial charge in [-0.1, -0.05) is 18.2 Å². The third kappa shape index (κ3) is 5.32. The Bertz CT molecular complexity index is 1030. The van der Waals surface area contributed by atoms with Crippen molar-refractivity contribution in [3.8, 4) is 0 Å². The molecule has 3 heterocycles. The SMILES string of the molecule is CN(Cc1ccccc1N1CCCCC1)C(=O)Cc1csc(NC(=O)c2ccco2)n1. The summed E-state index contributed by atoms with van der Waals surface area (Å²) >= 11 is 1.29. The van der Waals surface area contributed by atoms with Gasteiger partial charge in [0.2, 0.25) is 5.91 Å². The third-order valence-electron chi connectivity index (χ3n) is 5.37. The van der Waals surface area contributed by atoms with Gasteiger partial charge in [0, 0.05) is 37.7 Å². The summed E-state index contributed by atoms with van der Waals surface area (Å²) in [6.07, 6.45) is 5.35. The van der Waals surface area contributed by atoms with Crippen LogP contribution >= 0.6 is 11.3 Å². The molecule has 3 aromatic rings. The first kappa shape index (κ1) is 21.1. The van der Waals surface area contributed by atoms with E-state index in [4.69, 9.17) is 4.42 Å². The molecule has 0 aliphatic carbocycles. The summed E-state index contributed by atoms with van der Waals surface area (Å²) in [5.41, 5.74) is 3.02. The monoisotopic (exact) mass is 438 g/mol. The van der Waals surface area contributed by atoms with E-state index in [-0.39, 0.29) is 24.0 Å². The van der Waals surface area contributed by atoms with Gasteiger partial charge in [-0.3, -0.25) is 14.9 Å². The van der Waals surface area contributed by atoms with Gasteiger partial charge >= 0.3 is 0 Å². The number of nitrogens with zero attached hydrogens (tertiary/aromatic N) is 3. The van der Waals surface area contributed by atoms with Crippen molar-refractivity contribution in [1.82, 2.24) is 9.88 Å². The molecule has 2 amide bonds. The summed E-state index contributed by atoms with van der Waals surface area (Å²) in [6.45, 7) is 2.69. The quantitative estimate of drug-likeness (QED) is 0.599. The minimum Gasteiger partial charge on any atom is -0.459 e. The van der Waals surface area contributed by atoms with E-state index in [0.29, 0.717) is 17.4 Å². The number of hydrogen-bond acceptors (Lipinski definition) is 6. The van der Waals surface area contributed by atoms with E-state index in [2.05, 4.69) is 33.4 Å².